The predicted molar refractivity (Wildman–Crippen MR) is 95.5 cm³/mol. The van der Waals surface area contributed by atoms with Crippen LogP contribution in [0.25, 0.3) is 0 Å². The maximum Gasteiger partial charge on any atom is 0.390 e. The predicted octanol–water partition coefficient (Wildman–Crippen LogP) is 5.31. The van der Waals surface area contributed by atoms with Gasteiger partial charge in [0.25, 0.3) is 0 Å². The molecule has 4 fully saturated rings. The number of hydrogen-bond acceptors (Lipinski definition) is 3. The number of carbonyl (C=O) groups is 1. The molecule has 4 bridgehead atoms. The third-order valence-electron chi connectivity index (χ3n) is 6.56. The normalized spacial score (nSPS) is 37.8. The quantitative estimate of drug-likeness (QED) is 0.609. The minimum Gasteiger partial charge on any atom is -0.300 e. The molecule has 4 aliphatic rings. The number of thioether (sulfide) groups is 1. The van der Waals surface area contributed by atoms with Crippen molar-refractivity contribution in [3.63, 3.8) is 0 Å². The first-order chi connectivity index (χ1) is 11.5. The number of Topliss-reactive ketones (excluding diaryl/α,β-unsaturated/α-hetero) is 1. The lowest BCUT2D eigenvalue weighted by atomic mass is 9.53. The molecule has 2 unspecified atom stereocenters. The molecule has 4 aliphatic carbocycles. The Morgan fingerprint density at radius 1 is 1.16 bits per heavy atom. The molecule has 6 heteroatoms. The lowest BCUT2D eigenvalue weighted by Gasteiger charge is -2.58. The first kappa shape index (κ1) is 19.5. The Labute approximate surface area is 153 Å². The second kappa shape index (κ2) is 6.74. The molecule has 0 saturated heterocycles. The molecule has 1 N–H and O–H groups in total. The van der Waals surface area contributed by atoms with E-state index in [0.29, 0.717) is 0 Å². The number of nitrogens with one attached hydrogen (secondary N) is 1. The summed E-state index contributed by atoms with van der Waals surface area (Å²) in [5.74, 6) is 1.97. The first-order valence-corrected chi connectivity index (χ1v) is 10.4. The Kier molecular flexibility index (Phi) is 5.26. The van der Waals surface area contributed by atoms with Crippen LogP contribution in [0.4, 0.5) is 13.2 Å². The van der Waals surface area contributed by atoms with Crippen LogP contribution in [-0.4, -0.2) is 27.6 Å². The Balaban J connectivity index is 1.71. The van der Waals surface area contributed by atoms with E-state index in [1.807, 2.05) is 6.92 Å². The molecule has 0 aromatic heterocycles. The minimum absolute atomic E-state index is 0.0956. The molecule has 2 atom stereocenters. The monoisotopic (exact) mass is 377 g/mol. The highest BCUT2D eigenvalue weighted by Gasteiger charge is 2.52. The lowest BCUT2D eigenvalue weighted by Crippen LogP contribution is -2.60. The van der Waals surface area contributed by atoms with Crippen LogP contribution in [0.5, 0.6) is 0 Å². The summed E-state index contributed by atoms with van der Waals surface area (Å²) in [7, 11) is 0. The molecule has 0 aromatic rings. The molecule has 4 rings (SSSR count). The van der Waals surface area contributed by atoms with Crippen LogP contribution in [-0.2, 0) is 4.79 Å². The van der Waals surface area contributed by atoms with Gasteiger partial charge in [-0.15, -0.1) is 11.8 Å². The van der Waals surface area contributed by atoms with Crippen LogP contribution in [0, 0.1) is 17.8 Å². The summed E-state index contributed by atoms with van der Waals surface area (Å²) in [5, 5.41) is 3.65. The van der Waals surface area contributed by atoms with E-state index in [0.717, 1.165) is 43.4 Å². The third-order valence-corrected chi connectivity index (χ3v) is 8.25. The molecular weight excluding hydrogens is 347 g/mol. The van der Waals surface area contributed by atoms with Crippen molar-refractivity contribution in [3.8, 4) is 0 Å². The Morgan fingerprint density at radius 3 is 2.00 bits per heavy atom. The van der Waals surface area contributed by atoms with Crippen molar-refractivity contribution in [3.05, 3.63) is 0 Å². The molecule has 0 amide bonds. The van der Waals surface area contributed by atoms with Crippen molar-refractivity contribution >= 4 is 17.5 Å². The number of alkyl halides is 3. The van der Waals surface area contributed by atoms with E-state index >= 15 is 0 Å². The van der Waals surface area contributed by atoms with E-state index in [2.05, 4.69) is 5.32 Å². The van der Waals surface area contributed by atoms with Gasteiger partial charge < -0.3 is 0 Å². The SMILES string of the molecule is CCC(NC12CC3CC(CC(C3)C1)C2)SC(C)(CC(F)(F)F)C(C)=O. The second-order valence-electron chi connectivity index (χ2n) is 8.94. The fraction of sp³-hybridized carbons (Fsp3) is 0.947. The van der Waals surface area contributed by atoms with Gasteiger partial charge in [0.05, 0.1) is 16.5 Å². The largest absolute Gasteiger partial charge is 0.390 e. The van der Waals surface area contributed by atoms with Crippen molar-refractivity contribution in [2.45, 2.75) is 94.0 Å². The zero-order chi connectivity index (χ0) is 18.5. The van der Waals surface area contributed by atoms with Crippen molar-refractivity contribution in [2.24, 2.45) is 17.8 Å². The van der Waals surface area contributed by atoms with Crippen LogP contribution in [0.3, 0.4) is 0 Å². The molecule has 0 radical (unpaired) electrons. The van der Waals surface area contributed by atoms with E-state index in [1.165, 1.54) is 44.9 Å². The molecule has 144 valence electrons. The number of carbonyl (C=O) groups excluding carboxylic acids is 1. The number of rotatable bonds is 7. The molecule has 0 aliphatic heterocycles. The van der Waals surface area contributed by atoms with Gasteiger partial charge in [0.15, 0.2) is 0 Å². The van der Waals surface area contributed by atoms with Crippen molar-refractivity contribution in [1.29, 1.82) is 0 Å². The summed E-state index contributed by atoms with van der Waals surface area (Å²) in [6, 6.07) is 0. The standard InChI is InChI=1S/C19H30F3NOS/c1-4-16(25-17(3,12(2)24)11-19(20,21)22)23-18-8-13-5-14(9-18)7-15(6-13)10-18/h13-16,23H,4-11H2,1-3H3. The zero-order valence-corrected chi connectivity index (χ0v) is 16.2. The van der Waals surface area contributed by atoms with E-state index in [-0.39, 0.29) is 16.7 Å². The van der Waals surface area contributed by atoms with E-state index in [9.17, 15) is 18.0 Å². The smallest absolute Gasteiger partial charge is 0.300 e. The van der Waals surface area contributed by atoms with E-state index < -0.39 is 17.3 Å². The van der Waals surface area contributed by atoms with Crippen molar-refractivity contribution in [2.75, 3.05) is 0 Å². The Morgan fingerprint density at radius 2 is 1.64 bits per heavy atom. The number of halogens is 3. The maximum absolute atomic E-state index is 13.0. The van der Waals surface area contributed by atoms with Gasteiger partial charge in [0, 0.05) is 5.54 Å². The van der Waals surface area contributed by atoms with Crippen LogP contribution in [0.1, 0.15) is 72.1 Å². The van der Waals surface area contributed by atoms with Crippen molar-refractivity contribution < 1.29 is 18.0 Å². The van der Waals surface area contributed by atoms with Crippen LogP contribution >= 0.6 is 11.8 Å². The van der Waals surface area contributed by atoms with Crippen LogP contribution in [0.15, 0.2) is 0 Å². The summed E-state index contributed by atoms with van der Waals surface area (Å²) in [6.45, 7) is 4.74. The average Bonchev–Trinajstić information content (AvgIpc) is 2.42. The van der Waals surface area contributed by atoms with Gasteiger partial charge in [-0.05, 0) is 76.5 Å². The van der Waals surface area contributed by atoms with E-state index in [4.69, 9.17) is 0 Å². The van der Waals surface area contributed by atoms with Gasteiger partial charge in [-0.3, -0.25) is 10.1 Å². The molecule has 0 heterocycles. The van der Waals surface area contributed by atoms with Gasteiger partial charge in [-0.2, -0.15) is 13.2 Å². The topological polar surface area (TPSA) is 29.1 Å². The number of hydrogen-bond donors (Lipinski definition) is 1. The summed E-state index contributed by atoms with van der Waals surface area (Å²) in [5.41, 5.74) is 0.0956. The molecule has 2 nitrogen and oxygen atoms in total. The Bertz CT molecular complexity index is 486. The molecular formula is C19H30F3NOS. The highest BCUT2D eigenvalue weighted by molar-refractivity contribution is 8.01. The van der Waals surface area contributed by atoms with Gasteiger partial charge in [0.2, 0.25) is 0 Å². The molecule has 4 saturated carbocycles. The molecule has 0 spiro atoms. The lowest BCUT2D eigenvalue weighted by molar-refractivity contribution is -0.147. The fourth-order valence-corrected chi connectivity index (χ4v) is 7.31. The fourth-order valence-electron chi connectivity index (χ4n) is 5.79. The molecule has 25 heavy (non-hydrogen) atoms. The van der Waals surface area contributed by atoms with Gasteiger partial charge in [0.1, 0.15) is 5.78 Å². The number of ketones is 1. The van der Waals surface area contributed by atoms with Gasteiger partial charge in [-0.25, -0.2) is 0 Å². The minimum atomic E-state index is -4.33. The second-order valence-corrected chi connectivity index (χ2v) is 10.6. The van der Waals surface area contributed by atoms with Gasteiger partial charge >= 0.3 is 6.18 Å². The highest BCUT2D eigenvalue weighted by Crippen LogP contribution is 2.56. The summed E-state index contributed by atoms with van der Waals surface area (Å²) >= 11 is 1.20. The maximum atomic E-state index is 13.0. The first-order valence-electron chi connectivity index (χ1n) is 9.56. The summed E-state index contributed by atoms with van der Waals surface area (Å²) in [6.07, 6.45) is 2.83. The van der Waals surface area contributed by atoms with Crippen molar-refractivity contribution in [1.82, 2.24) is 5.32 Å². The third kappa shape index (κ3) is 4.37. The zero-order valence-electron chi connectivity index (χ0n) is 15.4. The summed E-state index contributed by atoms with van der Waals surface area (Å²) < 4.78 is 37.6. The summed E-state index contributed by atoms with van der Waals surface area (Å²) in [4.78, 5) is 12.0. The van der Waals surface area contributed by atoms with E-state index in [1.54, 1.807) is 0 Å². The highest BCUT2D eigenvalue weighted by atomic mass is 32.2. The van der Waals surface area contributed by atoms with Crippen LogP contribution < -0.4 is 5.32 Å². The molecule has 0 aromatic carbocycles. The van der Waals surface area contributed by atoms with Crippen LogP contribution in [0.2, 0.25) is 0 Å². The van der Waals surface area contributed by atoms with Gasteiger partial charge in [-0.1, -0.05) is 6.92 Å². The Hall–Kier alpha value is -0.230. The average molecular weight is 378 g/mol.